The van der Waals surface area contributed by atoms with Gasteiger partial charge in [0.05, 0.1) is 41.4 Å². The van der Waals surface area contributed by atoms with Crippen molar-refractivity contribution in [2.45, 2.75) is 30.8 Å². The van der Waals surface area contributed by atoms with Crippen molar-refractivity contribution in [1.82, 2.24) is 9.97 Å². The van der Waals surface area contributed by atoms with Crippen LogP contribution in [-0.2, 0) is 40.5 Å². The van der Waals surface area contributed by atoms with Gasteiger partial charge in [-0.2, -0.15) is 13.2 Å². The monoisotopic (exact) mass is 560 g/mol. The highest BCUT2D eigenvalue weighted by molar-refractivity contribution is 7.90. The number of aromatic nitrogens is 2. The summed E-state index contributed by atoms with van der Waals surface area (Å²) in [6, 6.07) is 9.63. The number of carbonyl (C=O) groups excluding carboxylic acids is 1. The van der Waals surface area contributed by atoms with Crippen LogP contribution in [0.25, 0.3) is 10.9 Å². The molecular weight excluding hydrogens is 540 g/mol. The average molecular weight is 561 g/mol. The van der Waals surface area contributed by atoms with Gasteiger partial charge >= 0.3 is 6.18 Å². The second-order valence-corrected chi connectivity index (χ2v) is 11.0. The number of hydrogen-bond acceptors (Lipinski definition) is 7. The van der Waals surface area contributed by atoms with Crippen LogP contribution < -0.4 is 10.6 Å². The fraction of sp³-hybridized carbons (Fsp3) is 0.192. The fourth-order valence-corrected chi connectivity index (χ4v) is 5.30. The van der Waals surface area contributed by atoms with E-state index in [9.17, 15) is 30.8 Å². The Balaban J connectivity index is 1.61. The zero-order valence-electron chi connectivity index (χ0n) is 20.3. The van der Waals surface area contributed by atoms with Crippen molar-refractivity contribution >= 4 is 38.2 Å². The van der Waals surface area contributed by atoms with Crippen LogP contribution in [0.4, 0.5) is 29.1 Å². The van der Waals surface area contributed by atoms with Crippen molar-refractivity contribution in [1.29, 1.82) is 0 Å². The largest absolute Gasteiger partial charge is 0.433 e. The number of amides is 1. The molecule has 0 aliphatic carbocycles. The number of rotatable bonds is 5. The minimum atomic E-state index is -4.72. The van der Waals surface area contributed by atoms with Gasteiger partial charge in [0, 0.05) is 23.4 Å². The third-order valence-corrected chi connectivity index (χ3v) is 7.42. The summed E-state index contributed by atoms with van der Waals surface area (Å²) in [4.78, 5) is 21.9. The lowest BCUT2D eigenvalue weighted by Gasteiger charge is -2.25. The Morgan fingerprint density at radius 1 is 1.08 bits per heavy atom. The van der Waals surface area contributed by atoms with Gasteiger partial charge in [-0.3, -0.25) is 9.78 Å². The summed E-state index contributed by atoms with van der Waals surface area (Å²) in [5.41, 5.74) is 7.21. The topological polar surface area (TPSA) is 115 Å². The molecule has 13 heteroatoms. The predicted octanol–water partition coefficient (Wildman–Crippen LogP) is 4.65. The normalized spacial score (nSPS) is 13.5. The van der Waals surface area contributed by atoms with Crippen molar-refractivity contribution in [3.63, 3.8) is 0 Å². The van der Waals surface area contributed by atoms with Crippen LogP contribution >= 0.6 is 0 Å². The number of fused-ring (bicyclic) bond motifs is 3. The van der Waals surface area contributed by atoms with Gasteiger partial charge in [0.1, 0.15) is 17.3 Å². The number of ether oxygens (including phenoxy) is 1. The van der Waals surface area contributed by atoms with Gasteiger partial charge in [-0.1, -0.05) is 12.1 Å². The van der Waals surface area contributed by atoms with Crippen LogP contribution in [0.1, 0.15) is 32.7 Å². The van der Waals surface area contributed by atoms with E-state index in [1.807, 2.05) is 0 Å². The molecule has 2 aromatic heterocycles. The fourth-order valence-electron chi connectivity index (χ4n) is 4.42. The Morgan fingerprint density at radius 3 is 2.49 bits per heavy atom. The highest BCUT2D eigenvalue weighted by Crippen LogP contribution is 2.34. The smallest absolute Gasteiger partial charge is 0.383 e. The number of pyridine rings is 2. The molecule has 0 radical (unpaired) electrons. The summed E-state index contributed by atoms with van der Waals surface area (Å²) >= 11 is 0. The molecule has 2 N–H and O–H groups in total. The second-order valence-electron chi connectivity index (χ2n) is 9.00. The summed E-state index contributed by atoms with van der Waals surface area (Å²) in [7, 11) is -4.02. The summed E-state index contributed by atoms with van der Waals surface area (Å²) < 4.78 is 83.6. The van der Waals surface area contributed by atoms with Crippen molar-refractivity contribution < 1.29 is 35.5 Å². The van der Waals surface area contributed by atoms with Gasteiger partial charge in [0.15, 0.2) is 9.84 Å². The summed E-state index contributed by atoms with van der Waals surface area (Å²) in [6.45, 7) is 0.476. The molecule has 0 fully saturated rings. The van der Waals surface area contributed by atoms with E-state index in [-0.39, 0.29) is 17.8 Å². The van der Waals surface area contributed by atoms with Crippen LogP contribution in [0.2, 0.25) is 0 Å². The third-order valence-electron chi connectivity index (χ3n) is 6.29. The maximum absolute atomic E-state index is 14.1. The van der Waals surface area contributed by atoms with E-state index >= 15 is 0 Å². The van der Waals surface area contributed by atoms with E-state index in [4.69, 9.17) is 10.5 Å². The van der Waals surface area contributed by atoms with E-state index < -0.39 is 38.3 Å². The zero-order valence-corrected chi connectivity index (χ0v) is 21.1. The number of anilines is 2. The van der Waals surface area contributed by atoms with E-state index in [0.717, 1.165) is 58.1 Å². The molecule has 8 nitrogen and oxygen atoms in total. The maximum atomic E-state index is 14.1. The van der Waals surface area contributed by atoms with Crippen LogP contribution in [-0.4, -0.2) is 30.5 Å². The third kappa shape index (κ3) is 5.14. The van der Waals surface area contributed by atoms with Gasteiger partial charge in [-0.25, -0.2) is 17.8 Å². The SMILES string of the molecule is CS(=O)(=O)c1cc(F)ccc1N(Cc1ccc2c3c(c(N)nc2c1)COC3)C(=O)c1ccc(C(F)(F)F)nc1. The first-order valence-corrected chi connectivity index (χ1v) is 13.3. The van der Waals surface area contributed by atoms with Crippen LogP contribution in [0.15, 0.2) is 59.6 Å². The summed E-state index contributed by atoms with van der Waals surface area (Å²) in [6.07, 6.45) is -3.10. The number of nitrogen functional groups attached to an aromatic ring is 1. The molecule has 3 heterocycles. The second kappa shape index (κ2) is 9.58. The molecule has 5 rings (SSSR count). The molecule has 0 bridgehead atoms. The Hall–Kier alpha value is -4.10. The van der Waals surface area contributed by atoms with Gasteiger partial charge in [-0.05, 0) is 47.5 Å². The van der Waals surface area contributed by atoms with E-state index in [0.29, 0.717) is 36.2 Å². The molecule has 0 saturated carbocycles. The number of carbonyl (C=O) groups is 1. The number of hydrogen-bond donors (Lipinski definition) is 1. The lowest BCUT2D eigenvalue weighted by atomic mass is 10.0. The standard InChI is InChI=1S/C26H20F4N4O4S/c1-39(36,37)22-9-16(27)4-6-21(22)34(25(35)15-3-7-23(32-10-15)26(28,29)30)11-14-2-5-17-18-12-38-13-19(18)24(31)33-20(17)8-14/h2-10H,11-13H2,1H3,(H2,31,33). The number of nitrogens with zero attached hydrogens (tertiary/aromatic N) is 3. The molecule has 4 aromatic rings. The molecule has 1 amide bonds. The van der Waals surface area contributed by atoms with Crippen LogP contribution in [0.5, 0.6) is 0 Å². The van der Waals surface area contributed by atoms with Crippen molar-refractivity contribution in [3.05, 3.63) is 88.5 Å². The molecule has 0 spiro atoms. The molecule has 0 atom stereocenters. The van der Waals surface area contributed by atoms with Gasteiger partial charge in [0.2, 0.25) is 0 Å². The molecule has 202 valence electrons. The van der Waals surface area contributed by atoms with Crippen molar-refractivity contribution in [3.8, 4) is 0 Å². The molecule has 1 aliphatic heterocycles. The number of sulfone groups is 1. The molecule has 1 aliphatic rings. The van der Waals surface area contributed by atoms with Crippen LogP contribution in [0.3, 0.4) is 0 Å². The Morgan fingerprint density at radius 2 is 1.82 bits per heavy atom. The predicted molar refractivity (Wildman–Crippen MR) is 134 cm³/mol. The van der Waals surface area contributed by atoms with Crippen molar-refractivity contribution in [2.75, 3.05) is 16.9 Å². The molecular formula is C26H20F4N4O4S. The number of benzene rings is 2. The first kappa shape index (κ1) is 26.5. The Labute approximate surface area is 220 Å². The maximum Gasteiger partial charge on any atom is 0.433 e. The van der Waals surface area contributed by atoms with E-state index in [1.165, 1.54) is 0 Å². The highest BCUT2D eigenvalue weighted by Gasteiger charge is 2.33. The first-order valence-electron chi connectivity index (χ1n) is 11.5. The minimum Gasteiger partial charge on any atom is -0.383 e. The summed E-state index contributed by atoms with van der Waals surface area (Å²) in [5, 5.41) is 0.795. The first-order chi connectivity index (χ1) is 18.3. The van der Waals surface area contributed by atoms with E-state index in [2.05, 4.69) is 9.97 Å². The molecule has 0 saturated heterocycles. The number of nitrogens with two attached hydrogens (primary N) is 1. The molecule has 2 aromatic carbocycles. The Bertz CT molecular complexity index is 1730. The zero-order chi connectivity index (χ0) is 28.1. The highest BCUT2D eigenvalue weighted by atomic mass is 32.2. The quantitative estimate of drug-likeness (QED) is 0.353. The summed E-state index contributed by atoms with van der Waals surface area (Å²) in [5.74, 6) is -1.39. The molecule has 39 heavy (non-hydrogen) atoms. The average Bonchev–Trinajstić information content (AvgIpc) is 3.37. The lowest BCUT2D eigenvalue weighted by molar-refractivity contribution is -0.141. The lowest BCUT2D eigenvalue weighted by Crippen LogP contribution is -2.32. The number of alkyl halides is 3. The van der Waals surface area contributed by atoms with Crippen LogP contribution in [0, 0.1) is 5.82 Å². The van der Waals surface area contributed by atoms with Gasteiger partial charge in [0.25, 0.3) is 5.91 Å². The molecule has 0 unspecified atom stereocenters. The van der Waals surface area contributed by atoms with E-state index in [1.54, 1.807) is 18.2 Å². The Kier molecular flexibility index (Phi) is 6.51. The van der Waals surface area contributed by atoms with Gasteiger partial charge < -0.3 is 15.4 Å². The minimum absolute atomic E-state index is 0.154. The van der Waals surface area contributed by atoms with Gasteiger partial charge in [-0.15, -0.1) is 0 Å². The number of halogens is 4. The van der Waals surface area contributed by atoms with Crippen molar-refractivity contribution in [2.24, 2.45) is 0 Å².